The van der Waals surface area contributed by atoms with Gasteiger partial charge in [0.1, 0.15) is 29.5 Å². The number of aryl methyl sites for hydroxylation is 1. The number of aliphatic hydroxyl groups excluding tert-OH is 1. The van der Waals surface area contributed by atoms with Crippen molar-refractivity contribution in [1.29, 1.82) is 0 Å². The third kappa shape index (κ3) is 3.69. The number of furan rings is 1. The van der Waals surface area contributed by atoms with E-state index in [1.807, 2.05) is 37.1 Å². The quantitative estimate of drug-likeness (QED) is 0.820. The molecule has 0 saturated heterocycles. The van der Waals surface area contributed by atoms with Crippen molar-refractivity contribution >= 4 is 11.6 Å². The number of aromatic nitrogens is 2. The second-order valence-corrected chi connectivity index (χ2v) is 4.27. The smallest absolute Gasteiger partial charge is 0.133 e. The maximum Gasteiger partial charge on any atom is 0.133 e. The van der Waals surface area contributed by atoms with Gasteiger partial charge in [0.15, 0.2) is 0 Å². The predicted molar refractivity (Wildman–Crippen MR) is 73.2 cm³/mol. The van der Waals surface area contributed by atoms with Crippen LogP contribution in [0.15, 0.2) is 28.9 Å². The lowest BCUT2D eigenvalue weighted by Crippen LogP contribution is -2.22. The lowest BCUT2D eigenvalue weighted by Gasteiger charge is -2.16. The molecule has 0 radical (unpaired) electrons. The van der Waals surface area contributed by atoms with Crippen molar-refractivity contribution in [3.63, 3.8) is 0 Å². The molecule has 0 fully saturated rings. The van der Waals surface area contributed by atoms with Gasteiger partial charge in [0.2, 0.25) is 0 Å². The highest BCUT2D eigenvalue weighted by molar-refractivity contribution is 5.47. The van der Waals surface area contributed by atoms with Crippen LogP contribution in [0, 0.1) is 6.92 Å². The van der Waals surface area contributed by atoms with Crippen molar-refractivity contribution in [3.8, 4) is 0 Å². The first-order valence-electron chi connectivity index (χ1n) is 6.12. The number of hydrogen-bond donors (Lipinski definition) is 2. The standard InChI is InChI=1S/C13H18N4O2/c1-10-3-4-11(19-10)8-14-12-7-13(16-9-15-12)17(2)5-6-18/h3-4,7,9,18H,5-6,8H2,1-2H3,(H,14,15,16). The fourth-order valence-electron chi connectivity index (χ4n) is 1.67. The van der Waals surface area contributed by atoms with E-state index in [-0.39, 0.29) is 6.61 Å². The van der Waals surface area contributed by atoms with Crippen LogP contribution in [0.1, 0.15) is 11.5 Å². The maximum atomic E-state index is 8.91. The minimum atomic E-state index is 0.0922. The molecule has 0 unspecified atom stereocenters. The minimum absolute atomic E-state index is 0.0922. The molecular formula is C13H18N4O2. The number of nitrogens with one attached hydrogen (secondary N) is 1. The first-order valence-corrected chi connectivity index (χ1v) is 6.12. The van der Waals surface area contributed by atoms with Crippen LogP contribution >= 0.6 is 0 Å². The van der Waals surface area contributed by atoms with Crippen LogP contribution < -0.4 is 10.2 Å². The molecule has 0 aliphatic rings. The van der Waals surface area contributed by atoms with Crippen LogP contribution in [-0.4, -0.2) is 35.3 Å². The van der Waals surface area contributed by atoms with Crippen LogP contribution in [0.25, 0.3) is 0 Å². The average Bonchev–Trinajstić information content (AvgIpc) is 2.83. The van der Waals surface area contributed by atoms with Gasteiger partial charge in [-0.05, 0) is 19.1 Å². The first-order chi connectivity index (χ1) is 9.19. The van der Waals surface area contributed by atoms with E-state index in [4.69, 9.17) is 9.52 Å². The van der Waals surface area contributed by atoms with Gasteiger partial charge in [-0.15, -0.1) is 0 Å². The topological polar surface area (TPSA) is 74.4 Å². The Kier molecular flexibility index (Phi) is 4.35. The van der Waals surface area contributed by atoms with E-state index < -0.39 is 0 Å². The number of hydrogen-bond acceptors (Lipinski definition) is 6. The van der Waals surface area contributed by atoms with Crippen molar-refractivity contribution in [2.75, 3.05) is 30.4 Å². The van der Waals surface area contributed by atoms with Gasteiger partial charge in [0, 0.05) is 19.7 Å². The SMILES string of the molecule is Cc1ccc(CNc2cc(N(C)CCO)ncn2)o1. The summed E-state index contributed by atoms with van der Waals surface area (Å²) in [6, 6.07) is 5.70. The second kappa shape index (κ2) is 6.19. The van der Waals surface area contributed by atoms with E-state index in [0.717, 1.165) is 23.2 Å². The molecule has 0 aromatic carbocycles. The van der Waals surface area contributed by atoms with Gasteiger partial charge in [0.05, 0.1) is 13.2 Å². The van der Waals surface area contributed by atoms with Crippen LogP contribution in [0.3, 0.4) is 0 Å². The summed E-state index contributed by atoms with van der Waals surface area (Å²) in [5.41, 5.74) is 0. The molecule has 2 rings (SSSR count). The zero-order valence-corrected chi connectivity index (χ0v) is 11.1. The Morgan fingerprint density at radius 1 is 1.37 bits per heavy atom. The van der Waals surface area contributed by atoms with Crippen LogP contribution in [0.4, 0.5) is 11.6 Å². The number of aliphatic hydroxyl groups is 1. The van der Waals surface area contributed by atoms with Crippen LogP contribution in [0.5, 0.6) is 0 Å². The van der Waals surface area contributed by atoms with Gasteiger partial charge in [-0.1, -0.05) is 0 Å². The van der Waals surface area contributed by atoms with Crippen molar-refractivity contribution in [2.24, 2.45) is 0 Å². The van der Waals surface area contributed by atoms with Crippen molar-refractivity contribution in [3.05, 3.63) is 36.0 Å². The zero-order valence-electron chi connectivity index (χ0n) is 11.1. The monoisotopic (exact) mass is 262 g/mol. The van der Waals surface area contributed by atoms with E-state index in [0.29, 0.717) is 13.1 Å². The molecule has 0 atom stereocenters. The highest BCUT2D eigenvalue weighted by atomic mass is 16.3. The van der Waals surface area contributed by atoms with Gasteiger partial charge in [-0.2, -0.15) is 0 Å². The number of nitrogens with zero attached hydrogens (tertiary/aromatic N) is 3. The number of anilines is 2. The summed E-state index contributed by atoms with van der Waals surface area (Å²) in [7, 11) is 1.87. The molecule has 0 aliphatic heterocycles. The van der Waals surface area contributed by atoms with Gasteiger partial charge < -0.3 is 19.7 Å². The molecule has 0 bridgehead atoms. The minimum Gasteiger partial charge on any atom is -0.465 e. The van der Waals surface area contributed by atoms with Crippen molar-refractivity contribution in [2.45, 2.75) is 13.5 Å². The summed E-state index contributed by atoms with van der Waals surface area (Å²) >= 11 is 0. The molecule has 0 spiro atoms. The zero-order chi connectivity index (χ0) is 13.7. The van der Waals surface area contributed by atoms with Crippen molar-refractivity contribution in [1.82, 2.24) is 9.97 Å². The van der Waals surface area contributed by atoms with E-state index in [9.17, 15) is 0 Å². The highest BCUT2D eigenvalue weighted by Crippen LogP contribution is 2.14. The average molecular weight is 262 g/mol. The molecule has 19 heavy (non-hydrogen) atoms. The number of likely N-dealkylation sites (N-methyl/N-ethyl adjacent to an activating group) is 1. The van der Waals surface area contributed by atoms with E-state index in [1.165, 1.54) is 6.33 Å². The third-order valence-corrected chi connectivity index (χ3v) is 2.72. The molecule has 2 aromatic rings. The largest absolute Gasteiger partial charge is 0.465 e. The summed E-state index contributed by atoms with van der Waals surface area (Å²) in [5, 5.41) is 12.1. The number of rotatable bonds is 6. The Balaban J connectivity index is 1.98. The first kappa shape index (κ1) is 13.4. The molecule has 2 N–H and O–H groups in total. The predicted octanol–water partition coefficient (Wildman–Crippen LogP) is 1.42. The van der Waals surface area contributed by atoms with Crippen molar-refractivity contribution < 1.29 is 9.52 Å². The molecule has 102 valence electrons. The maximum absolute atomic E-state index is 8.91. The Hall–Kier alpha value is -2.08. The fourth-order valence-corrected chi connectivity index (χ4v) is 1.67. The Bertz CT molecular complexity index is 527. The second-order valence-electron chi connectivity index (χ2n) is 4.27. The fraction of sp³-hybridized carbons (Fsp3) is 0.385. The van der Waals surface area contributed by atoms with E-state index >= 15 is 0 Å². The van der Waals surface area contributed by atoms with Crippen LogP contribution in [-0.2, 0) is 6.54 Å². The molecule has 0 saturated carbocycles. The molecule has 2 heterocycles. The molecule has 0 amide bonds. The Labute approximate surface area is 112 Å². The van der Waals surface area contributed by atoms with Gasteiger partial charge >= 0.3 is 0 Å². The summed E-state index contributed by atoms with van der Waals surface area (Å²) in [5.74, 6) is 3.25. The van der Waals surface area contributed by atoms with Gasteiger partial charge in [0.25, 0.3) is 0 Å². The molecule has 0 aliphatic carbocycles. The summed E-state index contributed by atoms with van der Waals surface area (Å²) in [6.07, 6.45) is 1.50. The molecule has 6 nitrogen and oxygen atoms in total. The van der Waals surface area contributed by atoms with E-state index in [1.54, 1.807) is 0 Å². The molecule has 2 aromatic heterocycles. The lowest BCUT2D eigenvalue weighted by molar-refractivity contribution is 0.304. The third-order valence-electron chi connectivity index (χ3n) is 2.72. The summed E-state index contributed by atoms with van der Waals surface area (Å²) in [4.78, 5) is 10.2. The van der Waals surface area contributed by atoms with Crippen LogP contribution in [0.2, 0.25) is 0 Å². The summed E-state index contributed by atoms with van der Waals surface area (Å²) in [6.45, 7) is 3.12. The summed E-state index contributed by atoms with van der Waals surface area (Å²) < 4.78 is 5.47. The highest BCUT2D eigenvalue weighted by Gasteiger charge is 2.04. The Morgan fingerprint density at radius 3 is 2.89 bits per heavy atom. The molecule has 6 heteroatoms. The van der Waals surface area contributed by atoms with E-state index in [2.05, 4.69) is 15.3 Å². The molecular weight excluding hydrogens is 244 g/mol. The normalized spacial score (nSPS) is 10.5. The Morgan fingerprint density at radius 2 is 2.21 bits per heavy atom. The lowest BCUT2D eigenvalue weighted by atomic mass is 10.4. The van der Waals surface area contributed by atoms with Gasteiger partial charge in [-0.25, -0.2) is 9.97 Å². The van der Waals surface area contributed by atoms with Gasteiger partial charge in [-0.3, -0.25) is 0 Å².